The van der Waals surface area contributed by atoms with Crippen LogP contribution in [0.4, 0.5) is 0 Å². The van der Waals surface area contributed by atoms with Crippen LogP contribution < -0.4 is 0 Å². The molecule has 0 aliphatic rings. The van der Waals surface area contributed by atoms with Crippen molar-refractivity contribution in [3.05, 3.63) is 0 Å². The van der Waals surface area contributed by atoms with Crippen LogP contribution >= 0.6 is 11.9 Å². The molecule has 0 fully saturated rings. The molecule has 0 saturated carbocycles. The fourth-order valence-electron chi connectivity index (χ4n) is 0. The van der Waals surface area contributed by atoms with Gasteiger partial charge < -0.3 is 0 Å². The molecule has 0 aromatic carbocycles. The van der Waals surface area contributed by atoms with E-state index in [1.54, 1.807) is 0 Å². The summed E-state index contributed by atoms with van der Waals surface area (Å²) >= 11 is 3.05. The first kappa shape index (κ1) is 7.42. The Morgan fingerprint density at radius 2 is 1.50 bits per heavy atom. The summed E-state index contributed by atoms with van der Waals surface area (Å²) in [6.07, 6.45) is 0. The van der Waals surface area contributed by atoms with Crippen LogP contribution in [-0.2, 0) is 22.1 Å². The minimum absolute atomic E-state index is 0.546. The van der Waals surface area contributed by atoms with E-state index in [9.17, 15) is 0 Å². The van der Waals surface area contributed by atoms with Gasteiger partial charge in [0, 0.05) is 0 Å². The molecule has 0 unspecified atom stereocenters. The van der Waals surface area contributed by atoms with Crippen molar-refractivity contribution in [2.75, 3.05) is 0 Å². The molecule has 0 aromatic rings. The normalized spacial score (nSPS) is 10.7. The van der Waals surface area contributed by atoms with Gasteiger partial charge in [0.15, 0.2) is 0 Å². The third-order valence-electron chi connectivity index (χ3n) is 0.401. The molecule has 0 spiro atoms. The summed E-state index contributed by atoms with van der Waals surface area (Å²) in [5.74, 6) is 0. The molecular weight excluding hydrogens is 329 g/mol. The predicted molar refractivity (Wildman–Crippen MR) is 28.6 cm³/mol. The Hall–Kier alpha value is 1.42. The number of rotatable bonds is 0. The van der Waals surface area contributed by atoms with Crippen LogP contribution in [0.2, 0.25) is 2.92 Å². The molecule has 34 valence electrons. The van der Waals surface area contributed by atoms with Crippen LogP contribution in [0.25, 0.3) is 0 Å². The Morgan fingerprint density at radius 3 is 1.50 bits per heavy atom. The van der Waals surface area contributed by atoms with E-state index in [1.807, 2.05) is 0 Å². The van der Waals surface area contributed by atoms with Crippen LogP contribution in [-0.4, -0.2) is 0 Å². The summed E-state index contributed by atoms with van der Waals surface area (Å²) in [5, 5.41) is 0. The zero-order chi connectivity index (χ0) is 5.21. The first-order valence-electron chi connectivity index (χ1n) is 2.12. The molecule has 0 aromatic heterocycles. The summed E-state index contributed by atoms with van der Waals surface area (Å²) in [5.41, 5.74) is 0. The van der Waals surface area contributed by atoms with Crippen molar-refractivity contribution < 1.29 is 22.1 Å². The van der Waals surface area contributed by atoms with Crippen LogP contribution in [0.3, 0.4) is 0 Å². The van der Waals surface area contributed by atoms with Crippen LogP contribution in [0.15, 0.2) is 0 Å². The number of hydrogen-bond acceptors (Lipinski definition) is 0. The second-order valence-electron chi connectivity index (χ2n) is 2.69. The topological polar surface area (TPSA) is 0 Å². The second-order valence-corrected chi connectivity index (χ2v) is 16.9. The van der Waals surface area contributed by atoms with Gasteiger partial charge in [0.25, 0.3) is 0 Å². The van der Waals surface area contributed by atoms with Gasteiger partial charge in [-0.3, -0.25) is 0 Å². The zero-order valence-electron chi connectivity index (χ0n) is 4.59. The second kappa shape index (κ2) is 2.66. The Morgan fingerprint density at radius 1 is 1.33 bits per heavy atom. The SMILES string of the molecule is C[C](C)(C)[Hg][Br]. The van der Waals surface area contributed by atoms with Gasteiger partial charge in [0.2, 0.25) is 0 Å². The third kappa shape index (κ3) is 5.42. The Kier molecular flexibility index (Phi) is 3.28. The van der Waals surface area contributed by atoms with Crippen LogP contribution in [0.5, 0.6) is 0 Å². The average molecular weight is 338 g/mol. The van der Waals surface area contributed by atoms with E-state index in [2.05, 4.69) is 32.7 Å². The summed E-state index contributed by atoms with van der Waals surface area (Å²) in [6.45, 7) is 6.88. The molecule has 6 heavy (non-hydrogen) atoms. The van der Waals surface area contributed by atoms with E-state index in [4.69, 9.17) is 0 Å². The molecule has 0 amide bonds. The van der Waals surface area contributed by atoms with Gasteiger partial charge in [-0.1, -0.05) is 0 Å². The molecule has 0 aliphatic heterocycles. The van der Waals surface area contributed by atoms with Gasteiger partial charge in [-0.25, -0.2) is 0 Å². The van der Waals surface area contributed by atoms with E-state index in [0.29, 0.717) is 2.92 Å². The Bertz CT molecular complexity index is 37.3. The fourth-order valence-corrected chi connectivity index (χ4v) is 0. The van der Waals surface area contributed by atoms with Crippen molar-refractivity contribution in [2.45, 2.75) is 23.7 Å². The van der Waals surface area contributed by atoms with Gasteiger partial charge >= 0.3 is 57.7 Å². The van der Waals surface area contributed by atoms with Crippen LogP contribution in [0.1, 0.15) is 20.8 Å². The van der Waals surface area contributed by atoms with Crippen molar-refractivity contribution >= 4 is 11.9 Å². The van der Waals surface area contributed by atoms with Crippen molar-refractivity contribution in [1.82, 2.24) is 0 Å². The Balaban J connectivity index is 3.17. The first-order valence-corrected chi connectivity index (χ1v) is 16.8. The number of halogens is 1. The van der Waals surface area contributed by atoms with E-state index < -0.39 is 22.1 Å². The molecule has 0 saturated heterocycles. The van der Waals surface area contributed by atoms with Crippen molar-refractivity contribution in [3.8, 4) is 0 Å². The molecule has 0 heterocycles. The number of hydrogen-bond donors (Lipinski definition) is 0. The summed E-state index contributed by atoms with van der Waals surface area (Å²) in [6, 6.07) is 0. The quantitative estimate of drug-likeness (QED) is 0.596. The molecule has 0 bridgehead atoms. The van der Waals surface area contributed by atoms with E-state index in [-0.39, 0.29) is 0 Å². The van der Waals surface area contributed by atoms with Crippen LogP contribution in [0, 0.1) is 0 Å². The van der Waals surface area contributed by atoms with Gasteiger partial charge in [0.05, 0.1) is 0 Å². The van der Waals surface area contributed by atoms with Crippen molar-refractivity contribution in [2.24, 2.45) is 0 Å². The predicted octanol–water partition coefficient (Wildman–Crippen LogP) is 2.60. The summed E-state index contributed by atoms with van der Waals surface area (Å²) in [7, 11) is 0. The summed E-state index contributed by atoms with van der Waals surface area (Å²) < 4.78 is 0.681. The van der Waals surface area contributed by atoms with Crippen molar-refractivity contribution in [3.63, 3.8) is 0 Å². The molecule has 0 rings (SSSR count). The van der Waals surface area contributed by atoms with E-state index in [1.165, 1.54) is 0 Å². The summed E-state index contributed by atoms with van der Waals surface area (Å²) in [4.78, 5) is 0. The maximum atomic E-state index is 3.59. The molecule has 0 aliphatic carbocycles. The first-order chi connectivity index (χ1) is 2.56. The monoisotopic (exact) mass is 338 g/mol. The molecule has 0 nitrogen and oxygen atoms in total. The molecule has 0 atom stereocenters. The molecule has 0 radical (unpaired) electrons. The minimum atomic E-state index is -0.546. The average Bonchev–Trinajstić information content (AvgIpc) is 1.35. The third-order valence-corrected chi connectivity index (χ3v) is 18.3. The standard InChI is InChI=1S/C4H9.BrH.Hg/c1-4(2)3;;/h1-3H3;1H;/q;;+1/p-1. The maximum absolute atomic E-state index is 3.59. The van der Waals surface area contributed by atoms with Gasteiger partial charge in [0.1, 0.15) is 0 Å². The molecule has 2 heteroatoms. The molecular formula is C4H9BrHg. The Labute approximate surface area is 57.4 Å². The van der Waals surface area contributed by atoms with Gasteiger partial charge in [-0.05, 0) is 0 Å². The van der Waals surface area contributed by atoms with E-state index in [0.717, 1.165) is 0 Å². The fraction of sp³-hybridized carbons (Fsp3) is 1.00. The van der Waals surface area contributed by atoms with Gasteiger partial charge in [-0.15, -0.1) is 0 Å². The van der Waals surface area contributed by atoms with E-state index >= 15 is 0 Å². The van der Waals surface area contributed by atoms with Gasteiger partial charge in [-0.2, -0.15) is 0 Å². The zero-order valence-corrected chi connectivity index (χ0v) is 11.7. The molecule has 0 N–H and O–H groups in total. The van der Waals surface area contributed by atoms with Crippen molar-refractivity contribution in [1.29, 1.82) is 0 Å².